The molecular weight excluding hydrogens is 326 g/mol. The quantitative estimate of drug-likeness (QED) is 0.883. The maximum Gasteiger partial charge on any atom is 0.225 e. The van der Waals surface area contributed by atoms with Gasteiger partial charge in [0.25, 0.3) is 0 Å². The smallest absolute Gasteiger partial charge is 0.225 e. The van der Waals surface area contributed by atoms with E-state index in [1.165, 1.54) is 32.1 Å². The van der Waals surface area contributed by atoms with Crippen molar-refractivity contribution in [1.82, 2.24) is 15.2 Å². The highest BCUT2D eigenvalue weighted by Gasteiger charge is 2.54. The summed E-state index contributed by atoms with van der Waals surface area (Å²) in [6.07, 6.45) is 12.4. The van der Waals surface area contributed by atoms with Crippen molar-refractivity contribution < 1.29 is 9.59 Å². The fraction of sp³-hybridized carbons (Fsp3) is 0.667. The van der Waals surface area contributed by atoms with E-state index in [0.29, 0.717) is 25.4 Å². The molecule has 1 atom stereocenters. The molecule has 26 heavy (non-hydrogen) atoms. The summed E-state index contributed by atoms with van der Waals surface area (Å²) in [7, 11) is 0. The zero-order valence-electron chi connectivity index (χ0n) is 15.5. The largest absolute Gasteiger partial charge is 0.352 e. The molecule has 1 spiro atoms. The van der Waals surface area contributed by atoms with Gasteiger partial charge in [0.2, 0.25) is 11.8 Å². The minimum Gasteiger partial charge on any atom is -0.352 e. The van der Waals surface area contributed by atoms with Crippen LogP contribution in [0.25, 0.3) is 0 Å². The average Bonchev–Trinajstić information content (AvgIpc) is 3.27. The summed E-state index contributed by atoms with van der Waals surface area (Å²) in [6.45, 7) is 1.89. The Kier molecular flexibility index (Phi) is 4.96. The number of hydrogen-bond donors (Lipinski definition) is 1. The minimum atomic E-state index is -0.0551. The van der Waals surface area contributed by atoms with E-state index in [1.807, 2.05) is 17.0 Å². The Morgan fingerprint density at radius 2 is 2.04 bits per heavy atom. The van der Waals surface area contributed by atoms with E-state index in [1.54, 1.807) is 12.4 Å². The Balaban J connectivity index is 1.37. The molecule has 2 amide bonds. The van der Waals surface area contributed by atoms with Gasteiger partial charge in [0, 0.05) is 43.9 Å². The van der Waals surface area contributed by atoms with E-state index >= 15 is 0 Å². The van der Waals surface area contributed by atoms with E-state index in [-0.39, 0.29) is 23.1 Å². The lowest BCUT2D eigenvalue weighted by molar-refractivity contribution is -0.131. The van der Waals surface area contributed by atoms with Gasteiger partial charge in [-0.1, -0.05) is 25.3 Å². The maximum absolute atomic E-state index is 12.9. The molecule has 1 unspecified atom stereocenters. The van der Waals surface area contributed by atoms with Crippen LogP contribution in [0.15, 0.2) is 24.5 Å². The van der Waals surface area contributed by atoms with Gasteiger partial charge in [-0.15, -0.1) is 0 Å². The number of aromatic nitrogens is 1. The number of nitrogens with zero attached hydrogens (tertiary/aromatic N) is 2. The Morgan fingerprint density at radius 1 is 1.23 bits per heavy atom. The van der Waals surface area contributed by atoms with Gasteiger partial charge in [-0.2, -0.15) is 0 Å². The van der Waals surface area contributed by atoms with Crippen molar-refractivity contribution in [1.29, 1.82) is 0 Å². The van der Waals surface area contributed by atoms with E-state index in [9.17, 15) is 9.59 Å². The van der Waals surface area contributed by atoms with Crippen molar-refractivity contribution in [3.63, 3.8) is 0 Å². The van der Waals surface area contributed by atoms with E-state index in [4.69, 9.17) is 0 Å². The predicted octanol–water partition coefficient (Wildman–Crippen LogP) is 2.91. The first-order valence-corrected chi connectivity index (χ1v) is 10.1. The molecule has 0 bridgehead atoms. The normalized spacial score (nSPS) is 24.6. The van der Waals surface area contributed by atoms with Gasteiger partial charge in [-0.25, -0.2) is 0 Å². The molecule has 1 saturated heterocycles. The first-order valence-electron chi connectivity index (χ1n) is 10.1. The van der Waals surface area contributed by atoms with E-state index in [0.717, 1.165) is 24.9 Å². The topological polar surface area (TPSA) is 62.3 Å². The first-order chi connectivity index (χ1) is 12.7. The van der Waals surface area contributed by atoms with Crippen LogP contribution in [0.4, 0.5) is 0 Å². The van der Waals surface area contributed by atoms with Crippen LogP contribution in [-0.2, 0) is 16.1 Å². The molecular formula is C21H29N3O2. The number of carbonyl (C=O) groups is 2. The average molecular weight is 355 g/mol. The number of rotatable bonds is 5. The SMILES string of the molecule is O=C(NCc1cccnc1)C1CN(C(=O)CC2CCCC2)CC12CCC2. The third-order valence-electron chi connectivity index (χ3n) is 6.79. The van der Waals surface area contributed by atoms with Crippen LogP contribution >= 0.6 is 0 Å². The van der Waals surface area contributed by atoms with Crippen LogP contribution in [0.5, 0.6) is 0 Å². The summed E-state index contributed by atoms with van der Waals surface area (Å²) in [5.74, 6) is 0.884. The van der Waals surface area contributed by atoms with Crippen LogP contribution in [0.1, 0.15) is 56.9 Å². The van der Waals surface area contributed by atoms with Gasteiger partial charge in [-0.3, -0.25) is 14.6 Å². The molecule has 2 heterocycles. The van der Waals surface area contributed by atoms with Gasteiger partial charge in [0.15, 0.2) is 0 Å². The van der Waals surface area contributed by atoms with Crippen LogP contribution in [0.3, 0.4) is 0 Å². The van der Waals surface area contributed by atoms with E-state index < -0.39 is 0 Å². The molecule has 0 aromatic carbocycles. The molecule has 3 fully saturated rings. The lowest BCUT2D eigenvalue weighted by Crippen LogP contribution is -2.45. The fourth-order valence-corrected chi connectivity index (χ4v) is 5.06. The second-order valence-corrected chi connectivity index (χ2v) is 8.48. The molecule has 1 N–H and O–H groups in total. The first kappa shape index (κ1) is 17.5. The second-order valence-electron chi connectivity index (χ2n) is 8.48. The summed E-state index contributed by atoms with van der Waals surface area (Å²) in [4.78, 5) is 31.7. The van der Waals surface area contributed by atoms with Crippen molar-refractivity contribution in [3.05, 3.63) is 30.1 Å². The number of pyridine rings is 1. The van der Waals surface area contributed by atoms with Crippen molar-refractivity contribution in [2.45, 2.75) is 57.9 Å². The molecule has 1 aromatic heterocycles. The zero-order valence-corrected chi connectivity index (χ0v) is 15.5. The molecule has 5 heteroatoms. The highest BCUT2D eigenvalue weighted by molar-refractivity contribution is 5.83. The van der Waals surface area contributed by atoms with Crippen molar-refractivity contribution in [3.8, 4) is 0 Å². The maximum atomic E-state index is 12.9. The van der Waals surface area contributed by atoms with Gasteiger partial charge in [0.1, 0.15) is 0 Å². The Bertz CT molecular complexity index is 650. The van der Waals surface area contributed by atoms with Crippen LogP contribution in [0.2, 0.25) is 0 Å². The third-order valence-corrected chi connectivity index (χ3v) is 6.79. The number of carbonyl (C=O) groups excluding carboxylic acids is 2. The lowest BCUT2D eigenvalue weighted by Gasteiger charge is -2.41. The van der Waals surface area contributed by atoms with Gasteiger partial charge < -0.3 is 10.2 Å². The predicted molar refractivity (Wildman–Crippen MR) is 99.0 cm³/mol. The fourth-order valence-electron chi connectivity index (χ4n) is 5.06. The van der Waals surface area contributed by atoms with Gasteiger partial charge in [0.05, 0.1) is 5.92 Å². The van der Waals surface area contributed by atoms with E-state index in [2.05, 4.69) is 10.3 Å². The Morgan fingerprint density at radius 3 is 2.69 bits per heavy atom. The molecule has 5 nitrogen and oxygen atoms in total. The minimum absolute atomic E-state index is 0.0321. The summed E-state index contributed by atoms with van der Waals surface area (Å²) in [5, 5.41) is 3.08. The molecule has 4 rings (SSSR count). The standard InChI is InChI=1S/C21H29N3O2/c25-19(11-16-5-1-2-6-16)24-14-18(21(15-24)8-4-9-21)20(26)23-13-17-7-3-10-22-12-17/h3,7,10,12,16,18H,1-2,4-6,8-9,11,13-15H2,(H,23,26). The Labute approximate surface area is 155 Å². The van der Waals surface area contributed by atoms with Gasteiger partial charge in [-0.05, 0) is 43.2 Å². The van der Waals surface area contributed by atoms with Crippen molar-refractivity contribution in [2.24, 2.45) is 17.3 Å². The number of likely N-dealkylation sites (tertiary alicyclic amines) is 1. The lowest BCUT2D eigenvalue weighted by atomic mass is 9.62. The third kappa shape index (κ3) is 3.49. The molecule has 2 saturated carbocycles. The summed E-state index contributed by atoms with van der Waals surface area (Å²) in [6, 6.07) is 3.85. The number of nitrogens with one attached hydrogen (secondary N) is 1. The van der Waals surface area contributed by atoms with Crippen LogP contribution in [-0.4, -0.2) is 34.8 Å². The highest BCUT2D eigenvalue weighted by Crippen LogP contribution is 2.52. The summed E-state index contributed by atoms with van der Waals surface area (Å²) < 4.78 is 0. The molecule has 140 valence electrons. The Hall–Kier alpha value is -1.91. The summed E-state index contributed by atoms with van der Waals surface area (Å²) >= 11 is 0. The van der Waals surface area contributed by atoms with Crippen LogP contribution in [0, 0.1) is 17.3 Å². The number of amides is 2. The second kappa shape index (κ2) is 7.37. The van der Waals surface area contributed by atoms with Gasteiger partial charge >= 0.3 is 0 Å². The van der Waals surface area contributed by atoms with Crippen molar-refractivity contribution >= 4 is 11.8 Å². The molecule has 3 aliphatic rings. The van der Waals surface area contributed by atoms with Crippen molar-refractivity contribution in [2.75, 3.05) is 13.1 Å². The molecule has 0 radical (unpaired) electrons. The monoisotopic (exact) mass is 355 g/mol. The summed E-state index contributed by atoms with van der Waals surface area (Å²) in [5.41, 5.74) is 1.04. The number of hydrogen-bond acceptors (Lipinski definition) is 3. The molecule has 1 aliphatic heterocycles. The molecule has 1 aromatic rings. The molecule has 2 aliphatic carbocycles. The zero-order chi connectivity index (χ0) is 18.0. The van der Waals surface area contributed by atoms with Crippen LogP contribution < -0.4 is 5.32 Å². The highest BCUT2D eigenvalue weighted by atomic mass is 16.2.